The molecule has 98 valence electrons. The molecule has 4 heteroatoms. The van der Waals surface area contributed by atoms with Crippen LogP contribution in [-0.4, -0.2) is 36.6 Å². The van der Waals surface area contributed by atoms with Gasteiger partial charge in [-0.15, -0.1) is 0 Å². The molecule has 0 radical (unpaired) electrons. The maximum Gasteiger partial charge on any atom is 0.119 e. The minimum Gasteiger partial charge on any atom is -0.491 e. The smallest absolute Gasteiger partial charge is 0.119 e. The Kier molecular flexibility index (Phi) is 10.7. The van der Waals surface area contributed by atoms with Crippen molar-refractivity contribution in [2.45, 2.75) is 20.5 Å². The lowest BCUT2D eigenvalue weighted by Gasteiger charge is -2.06. The van der Waals surface area contributed by atoms with Crippen molar-refractivity contribution in [2.75, 3.05) is 26.4 Å². The fourth-order valence-electron chi connectivity index (χ4n) is 1.08. The first-order valence-electron chi connectivity index (χ1n) is 5.88. The molecule has 0 amide bonds. The number of rotatable bonds is 7. The monoisotopic (exact) mass is 242 g/mol. The van der Waals surface area contributed by atoms with E-state index in [2.05, 4.69) is 0 Å². The normalized spacial score (nSPS) is 9.41. The van der Waals surface area contributed by atoms with Gasteiger partial charge >= 0.3 is 0 Å². The molecule has 0 atom stereocenters. The first-order chi connectivity index (χ1) is 8.36. The van der Waals surface area contributed by atoms with E-state index in [-0.39, 0.29) is 13.2 Å². The number of aliphatic hydroxyl groups is 2. The van der Waals surface area contributed by atoms with E-state index in [0.717, 1.165) is 11.3 Å². The number of hydrogen-bond donors (Lipinski definition) is 2. The Morgan fingerprint density at radius 3 is 2.12 bits per heavy atom. The Hall–Kier alpha value is -1.10. The molecule has 2 N–H and O–H groups in total. The zero-order valence-electron chi connectivity index (χ0n) is 10.6. The van der Waals surface area contributed by atoms with E-state index in [0.29, 0.717) is 19.8 Å². The fraction of sp³-hybridized carbons (Fsp3) is 0.538. The highest BCUT2D eigenvalue weighted by Crippen LogP contribution is 2.11. The molecular formula is C13H22O4. The van der Waals surface area contributed by atoms with Crippen molar-refractivity contribution in [3.8, 4) is 5.75 Å². The predicted octanol–water partition coefficient (Wildman–Crippen LogP) is 1.59. The largest absolute Gasteiger partial charge is 0.491 e. The van der Waals surface area contributed by atoms with Crippen molar-refractivity contribution in [1.82, 2.24) is 0 Å². The Bertz CT molecular complexity index is 259. The number of ether oxygens (including phenoxy) is 2. The SMILES string of the molecule is CC.OCCOCCOc1ccc(CO)cc1. The van der Waals surface area contributed by atoms with Gasteiger partial charge < -0.3 is 19.7 Å². The molecule has 0 aliphatic carbocycles. The highest BCUT2D eigenvalue weighted by molar-refractivity contribution is 5.26. The third-order valence-corrected chi connectivity index (χ3v) is 1.84. The summed E-state index contributed by atoms with van der Waals surface area (Å²) in [5.74, 6) is 0.750. The van der Waals surface area contributed by atoms with Crippen molar-refractivity contribution in [3.05, 3.63) is 29.8 Å². The van der Waals surface area contributed by atoms with Crippen LogP contribution in [0, 0.1) is 0 Å². The number of aliphatic hydroxyl groups excluding tert-OH is 2. The summed E-state index contributed by atoms with van der Waals surface area (Å²) in [4.78, 5) is 0. The van der Waals surface area contributed by atoms with Crippen LogP contribution in [0.2, 0.25) is 0 Å². The highest BCUT2D eigenvalue weighted by atomic mass is 16.5. The Balaban J connectivity index is 0.00000121. The van der Waals surface area contributed by atoms with Crippen LogP contribution in [0.15, 0.2) is 24.3 Å². The first kappa shape index (κ1) is 15.9. The third kappa shape index (κ3) is 7.74. The minimum absolute atomic E-state index is 0.0329. The summed E-state index contributed by atoms with van der Waals surface area (Å²) in [6.45, 7) is 5.33. The second kappa shape index (κ2) is 11.4. The summed E-state index contributed by atoms with van der Waals surface area (Å²) >= 11 is 0. The number of hydrogen-bond acceptors (Lipinski definition) is 4. The van der Waals surface area contributed by atoms with Gasteiger partial charge in [-0.1, -0.05) is 26.0 Å². The first-order valence-corrected chi connectivity index (χ1v) is 5.88. The van der Waals surface area contributed by atoms with Crippen molar-refractivity contribution < 1.29 is 19.7 Å². The molecule has 0 fully saturated rings. The van der Waals surface area contributed by atoms with Crippen LogP contribution >= 0.6 is 0 Å². The molecule has 1 aromatic carbocycles. The second-order valence-corrected chi connectivity index (χ2v) is 2.99. The molecule has 0 saturated carbocycles. The topological polar surface area (TPSA) is 58.9 Å². The Morgan fingerprint density at radius 1 is 0.941 bits per heavy atom. The molecular weight excluding hydrogens is 220 g/mol. The van der Waals surface area contributed by atoms with E-state index in [1.165, 1.54) is 0 Å². The van der Waals surface area contributed by atoms with Crippen LogP contribution in [0.1, 0.15) is 19.4 Å². The molecule has 17 heavy (non-hydrogen) atoms. The molecule has 0 spiro atoms. The van der Waals surface area contributed by atoms with Crippen LogP contribution in [0.3, 0.4) is 0 Å². The lowest BCUT2D eigenvalue weighted by atomic mass is 10.2. The minimum atomic E-state index is 0.0329. The van der Waals surface area contributed by atoms with Gasteiger partial charge in [0.1, 0.15) is 12.4 Å². The average molecular weight is 242 g/mol. The zero-order valence-corrected chi connectivity index (χ0v) is 10.6. The Labute approximate surface area is 103 Å². The van der Waals surface area contributed by atoms with Crippen LogP contribution in [0.4, 0.5) is 0 Å². The van der Waals surface area contributed by atoms with Gasteiger partial charge in [-0.05, 0) is 17.7 Å². The van der Waals surface area contributed by atoms with E-state index in [1.54, 1.807) is 12.1 Å². The molecule has 0 bridgehead atoms. The van der Waals surface area contributed by atoms with Gasteiger partial charge in [-0.3, -0.25) is 0 Å². The van der Waals surface area contributed by atoms with Gasteiger partial charge in [-0.25, -0.2) is 0 Å². The molecule has 0 saturated heterocycles. The molecule has 0 aliphatic rings. The van der Waals surface area contributed by atoms with Crippen molar-refractivity contribution in [3.63, 3.8) is 0 Å². The van der Waals surface area contributed by atoms with Crippen molar-refractivity contribution in [2.24, 2.45) is 0 Å². The molecule has 0 heterocycles. The quantitative estimate of drug-likeness (QED) is 0.713. The second-order valence-electron chi connectivity index (χ2n) is 2.99. The standard InChI is InChI=1S/C11H16O4.C2H6/c12-5-6-14-7-8-15-11-3-1-10(9-13)2-4-11;1-2/h1-4,12-13H,5-9H2;1-2H3. The molecule has 1 rings (SSSR count). The van der Waals surface area contributed by atoms with Gasteiger partial charge in [0.2, 0.25) is 0 Å². The molecule has 0 aliphatic heterocycles. The van der Waals surface area contributed by atoms with E-state index < -0.39 is 0 Å². The summed E-state index contributed by atoms with van der Waals surface area (Å²) in [7, 11) is 0. The van der Waals surface area contributed by atoms with Crippen LogP contribution in [0.5, 0.6) is 5.75 Å². The number of benzene rings is 1. The summed E-state index contributed by atoms with van der Waals surface area (Å²) < 4.78 is 10.4. The highest BCUT2D eigenvalue weighted by Gasteiger charge is 1.94. The molecule has 1 aromatic rings. The van der Waals surface area contributed by atoms with Gasteiger partial charge in [0.25, 0.3) is 0 Å². The Morgan fingerprint density at radius 2 is 1.59 bits per heavy atom. The molecule has 0 aromatic heterocycles. The molecule has 0 unspecified atom stereocenters. The van der Waals surface area contributed by atoms with E-state index in [1.807, 2.05) is 26.0 Å². The zero-order chi connectivity index (χ0) is 12.9. The van der Waals surface area contributed by atoms with Crippen LogP contribution in [-0.2, 0) is 11.3 Å². The van der Waals surface area contributed by atoms with Gasteiger partial charge in [0, 0.05) is 0 Å². The van der Waals surface area contributed by atoms with Crippen LogP contribution < -0.4 is 4.74 Å². The van der Waals surface area contributed by atoms with E-state index in [4.69, 9.17) is 19.7 Å². The van der Waals surface area contributed by atoms with Gasteiger partial charge in [-0.2, -0.15) is 0 Å². The molecule has 4 nitrogen and oxygen atoms in total. The third-order valence-electron chi connectivity index (χ3n) is 1.84. The predicted molar refractivity (Wildman–Crippen MR) is 67.1 cm³/mol. The summed E-state index contributed by atoms with van der Waals surface area (Å²) in [5.41, 5.74) is 0.860. The van der Waals surface area contributed by atoms with Gasteiger partial charge in [0.05, 0.1) is 26.4 Å². The maximum absolute atomic E-state index is 8.82. The van der Waals surface area contributed by atoms with E-state index in [9.17, 15) is 0 Å². The summed E-state index contributed by atoms with van der Waals surface area (Å²) in [5, 5.41) is 17.3. The van der Waals surface area contributed by atoms with Crippen LogP contribution in [0.25, 0.3) is 0 Å². The van der Waals surface area contributed by atoms with E-state index >= 15 is 0 Å². The fourth-order valence-corrected chi connectivity index (χ4v) is 1.08. The summed E-state index contributed by atoms with van der Waals surface area (Å²) in [6.07, 6.45) is 0. The van der Waals surface area contributed by atoms with Gasteiger partial charge in [0.15, 0.2) is 0 Å². The summed E-state index contributed by atoms with van der Waals surface area (Å²) in [6, 6.07) is 7.23. The van der Waals surface area contributed by atoms with Crippen molar-refractivity contribution >= 4 is 0 Å². The van der Waals surface area contributed by atoms with Crippen molar-refractivity contribution in [1.29, 1.82) is 0 Å². The lowest BCUT2D eigenvalue weighted by molar-refractivity contribution is 0.0705. The maximum atomic E-state index is 8.82. The average Bonchev–Trinajstić information content (AvgIpc) is 2.41. The lowest BCUT2D eigenvalue weighted by Crippen LogP contribution is -2.09.